The predicted molar refractivity (Wildman–Crippen MR) is 81.6 cm³/mol. The van der Waals surface area contributed by atoms with E-state index >= 15 is 0 Å². The third kappa shape index (κ3) is 3.37. The van der Waals surface area contributed by atoms with E-state index in [4.69, 9.17) is 26.8 Å². The first kappa shape index (κ1) is 15.0. The lowest BCUT2D eigenvalue weighted by Gasteiger charge is -2.24. The topological polar surface area (TPSA) is 56.8 Å². The number of aliphatic imine (C=N–C) groups is 1. The Morgan fingerprint density at radius 1 is 1.50 bits per heavy atom. The molecule has 0 aliphatic carbocycles. The molecule has 1 aromatic rings. The molecule has 0 amide bonds. The monoisotopic (exact) mass is 296 g/mol. The largest absolute Gasteiger partial charge is 0.488 e. The van der Waals surface area contributed by atoms with Crippen molar-refractivity contribution >= 4 is 17.6 Å². The fourth-order valence-electron chi connectivity index (χ4n) is 1.95. The van der Waals surface area contributed by atoms with E-state index in [1.807, 2.05) is 12.1 Å². The van der Waals surface area contributed by atoms with Crippen LogP contribution in [0.25, 0.3) is 0 Å². The first-order valence-electron chi connectivity index (χ1n) is 6.82. The molecule has 0 fully saturated rings. The molecule has 1 atom stereocenters. The zero-order chi connectivity index (χ0) is 14.8. The highest BCUT2D eigenvalue weighted by Gasteiger charge is 2.21. The van der Waals surface area contributed by atoms with Gasteiger partial charge in [0.1, 0.15) is 12.4 Å². The second-order valence-electron chi connectivity index (χ2n) is 5.61. The van der Waals surface area contributed by atoms with Gasteiger partial charge >= 0.3 is 0 Å². The maximum absolute atomic E-state index is 6.29. The lowest BCUT2D eigenvalue weighted by Crippen LogP contribution is -2.24. The van der Waals surface area contributed by atoms with Gasteiger partial charge in [0, 0.05) is 0 Å². The molecular weight excluding hydrogens is 276 g/mol. The van der Waals surface area contributed by atoms with Gasteiger partial charge in [-0.15, -0.1) is 0 Å². The van der Waals surface area contributed by atoms with Crippen molar-refractivity contribution in [2.75, 3.05) is 13.2 Å². The van der Waals surface area contributed by atoms with Crippen LogP contribution in [-0.4, -0.2) is 25.3 Å². The average Bonchev–Trinajstić information content (AvgIpc) is 2.83. The van der Waals surface area contributed by atoms with Crippen LogP contribution in [0.4, 0.5) is 0 Å². The van der Waals surface area contributed by atoms with Crippen LogP contribution in [0.15, 0.2) is 23.2 Å². The van der Waals surface area contributed by atoms with Gasteiger partial charge < -0.3 is 15.2 Å². The summed E-state index contributed by atoms with van der Waals surface area (Å²) in [7, 11) is 0. The average molecular weight is 297 g/mol. The van der Waals surface area contributed by atoms with Gasteiger partial charge in [-0.05, 0) is 29.5 Å². The maximum Gasteiger partial charge on any atom is 0.282 e. The molecule has 1 aromatic carbocycles. The van der Waals surface area contributed by atoms with Crippen LogP contribution in [0.2, 0.25) is 5.02 Å². The Morgan fingerprint density at radius 3 is 2.80 bits per heavy atom. The number of benzene rings is 1. The van der Waals surface area contributed by atoms with Crippen LogP contribution in [0.3, 0.4) is 0 Å². The van der Waals surface area contributed by atoms with Crippen molar-refractivity contribution in [3.05, 3.63) is 28.8 Å². The number of hydrogen-bond acceptors (Lipinski definition) is 4. The molecule has 5 heteroatoms. The zero-order valence-electron chi connectivity index (χ0n) is 12.1. The molecule has 2 N–H and O–H groups in total. The van der Waals surface area contributed by atoms with Crippen molar-refractivity contribution in [2.45, 2.75) is 38.7 Å². The minimum absolute atomic E-state index is 0.110. The number of nitrogens with zero attached hydrogens (tertiary/aromatic N) is 1. The number of nitrogens with two attached hydrogens (primary N) is 1. The Morgan fingerprint density at radius 2 is 2.25 bits per heavy atom. The standard InChI is InChI=1S/C15H21ClN2O2/c1-4-15(2,3)10-5-6-13(12(16)7-10)19-9-11-8-18-14(17)20-11/h5-7,11H,4,8-9H2,1-3H3,(H2,17,18). The quantitative estimate of drug-likeness (QED) is 0.908. The molecule has 1 heterocycles. The zero-order valence-corrected chi connectivity index (χ0v) is 12.9. The lowest BCUT2D eigenvalue weighted by molar-refractivity contribution is 0.141. The molecule has 1 aliphatic heterocycles. The molecule has 0 aromatic heterocycles. The molecular formula is C15H21ClN2O2. The minimum atomic E-state index is -0.127. The first-order chi connectivity index (χ1) is 9.42. The lowest BCUT2D eigenvalue weighted by atomic mass is 9.82. The molecule has 0 bridgehead atoms. The fourth-order valence-corrected chi connectivity index (χ4v) is 2.18. The molecule has 0 saturated carbocycles. The molecule has 1 unspecified atom stereocenters. The Bertz CT molecular complexity index is 515. The van der Waals surface area contributed by atoms with Gasteiger partial charge in [0.2, 0.25) is 0 Å². The van der Waals surface area contributed by atoms with E-state index in [0.717, 1.165) is 6.42 Å². The van der Waals surface area contributed by atoms with Gasteiger partial charge in [0.25, 0.3) is 6.02 Å². The van der Waals surface area contributed by atoms with Gasteiger partial charge in [-0.2, -0.15) is 0 Å². The molecule has 4 nitrogen and oxygen atoms in total. The van der Waals surface area contributed by atoms with E-state index in [-0.39, 0.29) is 17.5 Å². The van der Waals surface area contributed by atoms with E-state index in [1.165, 1.54) is 5.56 Å². The summed E-state index contributed by atoms with van der Waals surface area (Å²) in [5, 5.41) is 0.621. The summed E-state index contributed by atoms with van der Waals surface area (Å²) in [6.07, 6.45) is 0.925. The second-order valence-corrected chi connectivity index (χ2v) is 6.02. The van der Waals surface area contributed by atoms with Crippen LogP contribution in [0.5, 0.6) is 5.75 Å². The number of amidine groups is 1. The highest BCUT2D eigenvalue weighted by atomic mass is 35.5. The Kier molecular flexibility index (Phi) is 4.43. The number of ether oxygens (including phenoxy) is 2. The molecule has 110 valence electrons. The smallest absolute Gasteiger partial charge is 0.282 e. The fraction of sp³-hybridized carbons (Fsp3) is 0.533. The van der Waals surface area contributed by atoms with Crippen molar-refractivity contribution in [3.63, 3.8) is 0 Å². The van der Waals surface area contributed by atoms with E-state index in [1.54, 1.807) is 0 Å². The summed E-state index contributed by atoms with van der Waals surface area (Å²) >= 11 is 6.29. The Labute approximate surface area is 124 Å². The molecule has 2 rings (SSSR count). The summed E-state index contributed by atoms with van der Waals surface area (Å²) < 4.78 is 11.0. The van der Waals surface area contributed by atoms with Crippen LogP contribution < -0.4 is 10.5 Å². The van der Waals surface area contributed by atoms with Crippen molar-refractivity contribution in [1.29, 1.82) is 0 Å². The normalized spacial score (nSPS) is 18.6. The molecule has 0 radical (unpaired) electrons. The summed E-state index contributed by atoms with van der Waals surface area (Å²) in [5.41, 5.74) is 6.77. The number of rotatable bonds is 5. The van der Waals surface area contributed by atoms with E-state index in [0.29, 0.717) is 23.9 Å². The Hall–Kier alpha value is -1.42. The van der Waals surface area contributed by atoms with Crippen LogP contribution in [-0.2, 0) is 10.2 Å². The maximum atomic E-state index is 6.29. The Balaban J connectivity index is 2.00. The predicted octanol–water partition coefficient (Wildman–Crippen LogP) is 3.12. The van der Waals surface area contributed by atoms with Crippen LogP contribution >= 0.6 is 11.6 Å². The van der Waals surface area contributed by atoms with Crippen molar-refractivity contribution < 1.29 is 9.47 Å². The molecule has 1 aliphatic rings. The van der Waals surface area contributed by atoms with Crippen molar-refractivity contribution in [2.24, 2.45) is 10.7 Å². The van der Waals surface area contributed by atoms with E-state index in [2.05, 4.69) is 31.8 Å². The highest BCUT2D eigenvalue weighted by molar-refractivity contribution is 6.32. The molecule has 20 heavy (non-hydrogen) atoms. The van der Waals surface area contributed by atoms with Gasteiger partial charge in [-0.3, -0.25) is 0 Å². The van der Waals surface area contributed by atoms with Crippen molar-refractivity contribution in [1.82, 2.24) is 0 Å². The van der Waals surface area contributed by atoms with Crippen LogP contribution in [0.1, 0.15) is 32.8 Å². The summed E-state index contributed by atoms with van der Waals surface area (Å²) in [6, 6.07) is 6.17. The SMILES string of the molecule is CCC(C)(C)c1ccc(OCC2CN=C(N)O2)c(Cl)c1. The summed E-state index contributed by atoms with van der Waals surface area (Å²) in [6.45, 7) is 7.49. The molecule has 0 spiro atoms. The van der Waals surface area contributed by atoms with Gasteiger partial charge in [0.15, 0.2) is 6.10 Å². The second kappa shape index (κ2) is 5.92. The third-order valence-corrected chi connectivity index (χ3v) is 4.06. The summed E-state index contributed by atoms with van der Waals surface area (Å²) in [5.74, 6) is 0.663. The highest BCUT2D eigenvalue weighted by Crippen LogP contribution is 2.33. The van der Waals surface area contributed by atoms with Crippen molar-refractivity contribution in [3.8, 4) is 5.75 Å². The molecule has 0 saturated heterocycles. The van der Waals surface area contributed by atoms with Gasteiger partial charge in [-0.25, -0.2) is 4.99 Å². The minimum Gasteiger partial charge on any atom is -0.488 e. The number of hydrogen-bond donors (Lipinski definition) is 1. The number of halogens is 1. The van der Waals surface area contributed by atoms with Gasteiger partial charge in [0.05, 0.1) is 11.6 Å². The van der Waals surface area contributed by atoms with E-state index < -0.39 is 0 Å². The van der Waals surface area contributed by atoms with E-state index in [9.17, 15) is 0 Å². The van der Waals surface area contributed by atoms with Crippen LogP contribution in [0, 0.1) is 0 Å². The third-order valence-electron chi connectivity index (χ3n) is 3.76. The summed E-state index contributed by atoms with van der Waals surface area (Å²) in [4.78, 5) is 3.97. The first-order valence-corrected chi connectivity index (χ1v) is 7.19. The van der Waals surface area contributed by atoms with Gasteiger partial charge in [-0.1, -0.05) is 38.4 Å².